The van der Waals surface area contributed by atoms with Gasteiger partial charge >= 0.3 is 0 Å². The van der Waals surface area contributed by atoms with E-state index in [2.05, 4.69) is 4.90 Å². The van der Waals surface area contributed by atoms with Crippen LogP contribution >= 0.6 is 12.4 Å². The second-order valence-corrected chi connectivity index (χ2v) is 7.30. The number of nitrogens with zero attached hydrogens (tertiary/aromatic N) is 1. The highest BCUT2D eigenvalue weighted by Gasteiger charge is 2.41. The van der Waals surface area contributed by atoms with E-state index in [-0.39, 0.29) is 30.3 Å². The number of carbonyl (C=O) groups excluding carboxylic acids is 1. The number of amides is 1. The monoisotopic (exact) mass is 336 g/mol. The van der Waals surface area contributed by atoms with Crippen LogP contribution in [0.15, 0.2) is 30.3 Å². The Bertz CT molecular complexity index is 513. The molecular formula is C19H29ClN2O. The van der Waals surface area contributed by atoms with Crippen LogP contribution in [0.2, 0.25) is 0 Å². The van der Waals surface area contributed by atoms with Gasteiger partial charge in [-0.25, -0.2) is 0 Å². The lowest BCUT2D eigenvalue weighted by Gasteiger charge is -2.34. The Balaban J connectivity index is 0.00000192. The van der Waals surface area contributed by atoms with E-state index in [0.717, 1.165) is 18.7 Å². The Hall–Kier alpha value is -1.06. The van der Waals surface area contributed by atoms with E-state index >= 15 is 0 Å². The molecule has 23 heavy (non-hydrogen) atoms. The molecule has 0 bridgehead atoms. The standard InChI is InChI=1S/C19H28N2O.ClH/c1-15(17(20)16-8-4-2-5-9-16)18(22)21-13-12-19(14-21)10-6-3-7-11-19;/h2,4-5,8-9,15,17H,3,6-7,10-14,20H2,1H3;1H. The molecule has 1 aromatic carbocycles. The van der Waals surface area contributed by atoms with Crippen molar-refractivity contribution in [2.75, 3.05) is 13.1 Å². The first-order valence-electron chi connectivity index (χ1n) is 8.71. The van der Waals surface area contributed by atoms with Crippen molar-refractivity contribution >= 4 is 18.3 Å². The fourth-order valence-electron chi connectivity index (χ4n) is 4.24. The summed E-state index contributed by atoms with van der Waals surface area (Å²) in [6, 6.07) is 9.77. The number of likely N-dealkylation sites (tertiary alicyclic amines) is 1. The van der Waals surface area contributed by atoms with E-state index in [1.54, 1.807) is 0 Å². The van der Waals surface area contributed by atoms with Gasteiger partial charge in [0.05, 0.1) is 5.92 Å². The molecule has 1 heterocycles. The first kappa shape index (κ1) is 18.3. The van der Waals surface area contributed by atoms with Crippen LogP contribution in [0.3, 0.4) is 0 Å². The van der Waals surface area contributed by atoms with Gasteiger partial charge in [0, 0.05) is 19.1 Å². The van der Waals surface area contributed by atoms with Crippen LogP contribution in [-0.4, -0.2) is 23.9 Å². The Morgan fingerprint density at radius 1 is 1.13 bits per heavy atom. The van der Waals surface area contributed by atoms with Crippen LogP contribution < -0.4 is 5.73 Å². The lowest BCUT2D eigenvalue weighted by atomic mass is 9.73. The molecule has 1 aliphatic carbocycles. The van der Waals surface area contributed by atoms with Gasteiger partial charge < -0.3 is 10.6 Å². The van der Waals surface area contributed by atoms with Crippen LogP contribution in [0.4, 0.5) is 0 Å². The van der Waals surface area contributed by atoms with Crippen molar-refractivity contribution in [3.05, 3.63) is 35.9 Å². The van der Waals surface area contributed by atoms with Gasteiger partial charge in [-0.2, -0.15) is 0 Å². The van der Waals surface area contributed by atoms with E-state index in [1.807, 2.05) is 37.3 Å². The molecule has 1 saturated heterocycles. The van der Waals surface area contributed by atoms with Crippen LogP contribution in [0.25, 0.3) is 0 Å². The van der Waals surface area contributed by atoms with E-state index in [0.29, 0.717) is 5.41 Å². The normalized spacial score (nSPS) is 22.4. The fraction of sp³-hybridized carbons (Fsp3) is 0.632. The van der Waals surface area contributed by atoms with Gasteiger partial charge in [0.2, 0.25) is 5.91 Å². The number of hydrogen-bond acceptors (Lipinski definition) is 2. The molecular weight excluding hydrogens is 308 g/mol. The molecule has 1 amide bonds. The quantitative estimate of drug-likeness (QED) is 0.909. The number of nitrogens with two attached hydrogens (primary N) is 1. The second-order valence-electron chi connectivity index (χ2n) is 7.30. The van der Waals surface area contributed by atoms with Crippen molar-refractivity contribution in [1.29, 1.82) is 0 Å². The highest BCUT2D eigenvalue weighted by molar-refractivity contribution is 5.85. The van der Waals surface area contributed by atoms with Gasteiger partial charge in [0.25, 0.3) is 0 Å². The first-order chi connectivity index (χ1) is 10.6. The van der Waals surface area contributed by atoms with Crippen LogP contribution in [0.5, 0.6) is 0 Å². The molecule has 0 aromatic heterocycles. The molecule has 2 fully saturated rings. The molecule has 3 nitrogen and oxygen atoms in total. The summed E-state index contributed by atoms with van der Waals surface area (Å²) in [5, 5.41) is 0. The summed E-state index contributed by atoms with van der Waals surface area (Å²) in [4.78, 5) is 14.9. The third-order valence-electron chi connectivity index (χ3n) is 5.78. The molecule has 128 valence electrons. The molecule has 1 saturated carbocycles. The van der Waals surface area contributed by atoms with Crippen molar-refractivity contribution in [3.63, 3.8) is 0 Å². The highest BCUT2D eigenvalue weighted by Crippen LogP contribution is 2.44. The highest BCUT2D eigenvalue weighted by atomic mass is 35.5. The van der Waals surface area contributed by atoms with Gasteiger partial charge in [0.15, 0.2) is 0 Å². The van der Waals surface area contributed by atoms with E-state index in [1.165, 1.54) is 38.5 Å². The van der Waals surface area contributed by atoms with Gasteiger partial charge in [-0.1, -0.05) is 56.5 Å². The minimum Gasteiger partial charge on any atom is -0.342 e. The second kappa shape index (κ2) is 7.67. The third kappa shape index (κ3) is 3.89. The SMILES string of the molecule is CC(C(=O)N1CCC2(CCCCC2)C1)C(N)c1ccccc1.Cl. The molecule has 0 radical (unpaired) electrons. The summed E-state index contributed by atoms with van der Waals surface area (Å²) in [5.41, 5.74) is 7.80. The average Bonchev–Trinajstić information content (AvgIpc) is 2.97. The molecule has 2 atom stereocenters. The Morgan fingerprint density at radius 3 is 2.43 bits per heavy atom. The van der Waals surface area contributed by atoms with Crippen molar-refractivity contribution in [3.8, 4) is 0 Å². The van der Waals surface area contributed by atoms with Gasteiger partial charge in [-0.3, -0.25) is 4.79 Å². The zero-order chi connectivity index (χ0) is 15.6. The maximum Gasteiger partial charge on any atom is 0.227 e. The van der Waals surface area contributed by atoms with Crippen molar-refractivity contribution in [1.82, 2.24) is 4.90 Å². The van der Waals surface area contributed by atoms with Gasteiger partial charge in [0.1, 0.15) is 0 Å². The zero-order valence-corrected chi connectivity index (χ0v) is 14.9. The molecule has 1 aliphatic heterocycles. The number of benzene rings is 1. The molecule has 2 unspecified atom stereocenters. The number of halogens is 1. The van der Waals surface area contributed by atoms with E-state index in [4.69, 9.17) is 5.73 Å². The lowest BCUT2D eigenvalue weighted by Crippen LogP contribution is -2.39. The maximum absolute atomic E-state index is 12.8. The Labute approximate surface area is 146 Å². The molecule has 2 N–H and O–H groups in total. The van der Waals surface area contributed by atoms with Crippen LogP contribution in [0, 0.1) is 11.3 Å². The van der Waals surface area contributed by atoms with E-state index < -0.39 is 0 Å². The summed E-state index contributed by atoms with van der Waals surface area (Å²) in [6.07, 6.45) is 7.82. The zero-order valence-electron chi connectivity index (χ0n) is 14.0. The summed E-state index contributed by atoms with van der Waals surface area (Å²) >= 11 is 0. The van der Waals surface area contributed by atoms with Crippen LogP contribution in [-0.2, 0) is 4.79 Å². The van der Waals surface area contributed by atoms with Gasteiger partial charge in [-0.05, 0) is 30.2 Å². The fourth-order valence-corrected chi connectivity index (χ4v) is 4.24. The van der Waals surface area contributed by atoms with Crippen LogP contribution in [0.1, 0.15) is 57.1 Å². The third-order valence-corrected chi connectivity index (χ3v) is 5.78. The summed E-state index contributed by atoms with van der Waals surface area (Å²) < 4.78 is 0. The summed E-state index contributed by atoms with van der Waals surface area (Å²) in [6.45, 7) is 3.86. The first-order valence-corrected chi connectivity index (χ1v) is 8.71. The van der Waals surface area contributed by atoms with Crippen molar-refractivity contribution in [2.24, 2.45) is 17.1 Å². The smallest absolute Gasteiger partial charge is 0.227 e. The summed E-state index contributed by atoms with van der Waals surface area (Å²) in [7, 11) is 0. The Morgan fingerprint density at radius 2 is 1.78 bits per heavy atom. The molecule has 3 rings (SSSR count). The lowest BCUT2D eigenvalue weighted by molar-refractivity contribution is -0.135. The average molecular weight is 337 g/mol. The number of carbonyl (C=O) groups is 1. The number of rotatable bonds is 3. The molecule has 1 aromatic rings. The molecule has 4 heteroatoms. The minimum absolute atomic E-state index is 0. The largest absolute Gasteiger partial charge is 0.342 e. The Kier molecular flexibility index (Phi) is 6.10. The van der Waals surface area contributed by atoms with Gasteiger partial charge in [-0.15, -0.1) is 12.4 Å². The van der Waals surface area contributed by atoms with Crippen molar-refractivity contribution < 1.29 is 4.79 Å². The predicted octanol–water partition coefficient (Wildman–Crippen LogP) is 3.93. The molecule has 1 spiro atoms. The summed E-state index contributed by atoms with van der Waals surface area (Å²) in [5.74, 6) is 0.0833. The number of hydrogen-bond donors (Lipinski definition) is 1. The predicted molar refractivity (Wildman–Crippen MR) is 96.5 cm³/mol. The van der Waals surface area contributed by atoms with Crippen molar-refractivity contribution in [2.45, 2.75) is 51.5 Å². The van der Waals surface area contributed by atoms with E-state index in [9.17, 15) is 4.79 Å². The minimum atomic E-state index is -0.211. The maximum atomic E-state index is 12.8. The topological polar surface area (TPSA) is 46.3 Å². The molecule has 2 aliphatic rings.